The van der Waals surface area contributed by atoms with Crippen molar-refractivity contribution in [3.8, 4) is 0 Å². The summed E-state index contributed by atoms with van der Waals surface area (Å²) in [7, 11) is -3.46. The van der Waals surface area contributed by atoms with E-state index in [-0.39, 0.29) is 17.8 Å². The van der Waals surface area contributed by atoms with Gasteiger partial charge < -0.3 is 9.64 Å². The fraction of sp³-hybridized carbons (Fsp3) is 0.588. The van der Waals surface area contributed by atoms with Gasteiger partial charge in [0.15, 0.2) is 0 Å². The highest BCUT2D eigenvalue weighted by atomic mass is 35.5. The first-order valence-corrected chi connectivity index (χ1v) is 11.9. The lowest BCUT2D eigenvalue weighted by Gasteiger charge is -2.35. The zero-order valence-electron chi connectivity index (χ0n) is 15.0. The van der Waals surface area contributed by atoms with E-state index in [1.165, 1.54) is 0 Å². The fourth-order valence-electron chi connectivity index (χ4n) is 2.72. The summed E-state index contributed by atoms with van der Waals surface area (Å²) < 4.78 is 32.2. The predicted octanol–water partition coefficient (Wildman–Crippen LogP) is 2.30. The minimum absolute atomic E-state index is 0.0490. The Kier molecular flexibility index (Phi) is 8.22. The molecule has 0 bridgehead atoms. The van der Waals surface area contributed by atoms with E-state index in [2.05, 4.69) is 4.72 Å². The van der Waals surface area contributed by atoms with Gasteiger partial charge in [0.1, 0.15) is 12.1 Å². The Morgan fingerprint density at radius 1 is 1.42 bits per heavy atom. The van der Waals surface area contributed by atoms with Gasteiger partial charge in [0, 0.05) is 11.6 Å². The van der Waals surface area contributed by atoms with Gasteiger partial charge in [-0.1, -0.05) is 23.7 Å². The van der Waals surface area contributed by atoms with Crippen molar-refractivity contribution in [3.63, 3.8) is 0 Å². The van der Waals surface area contributed by atoms with Crippen molar-refractivity contribution in [3.05, 3.63) is 34.9 Å². The van der Waals surface area contributed by atoms with Crippen LogP contribution in [-0.2, 0) is 19.6 Å². The Balaban J connectivity index is 2.09. The van der Waals surface area contributed by atoms with E-state index >= 15 is 0 Å². The summed E-state index contributed by atoms with van der Waals surface area (Å²) in [6.45, 7) is 2.81. The van der Waals surface area contributed by atoms with Crippen LogP contribution in [0.15, 0.2) is 24.3 Å². The molecule has 2 atom stereocenters. The summed E-state index contributed by atoms with van der Waals surface area (Å²) in [4.78, 5) is 14.6. The number of halogens is 1. The maximum Gasteiger partial charge on any atom is 0.240 e. The number of hydrogen-bond donors (Lipinski definition) is 1. The standard InChI is InChI=1S/C17H25ClN2O4S2/c1-3-26(22,23)19-15(8-11-25-2)17(21)20-9-10-24-16(12-20)13-4-6-14(18)7-5-13/h4-7,15-16,19H,3,8-12H2,1-2H3. The molecule has 146 valence electrons. The van der Waals surface area contributed by atoms with Crippen molar-refractivity contribution < 1.29 is 17.9 Å². The molecular weight excluding hydrogens is 396 g/mol. The molecule has 2 unspecified atom stereocenters. The summed E-state index contributed by atoms with van der Waals surface area (Å²) >= 11 is 7.51. The van der Waals surface area contributed by atoms with E-state index in [0.29, 0.717) is 36.9 Å². The topological polar surface area (TPSA) is 75.7 Å². The minimum atomic E-state index is -3.46. The van der Waals surface area contributed by atoms with Crippen molar-refractivity contribution in [2.75, 3.05) is 37.5 Å². The van der Waals surface area contributed by atoms with Crippen LogP contribution in [0.2, 0.25) is 5.02 Å². The third kappa shape index (κ3) is 6.13. The number of sulfonamides is 1. The van der Waals surface area contributed by atoms with Gasteiger partial charge in [-0.25, -0.2) is 13.1 Å². The molecule has 1 heterocycles. The quantitative estimate of drug-likeness (QED) is 0.698. The van der Waals surface area contributed by atoms with E-state index in [4.69, 9.17) is 16.3 Å². The van der Waals surface area contributed by atoms with Crippen LogP contribution in [0, 0.1) is 0 Å². The number of hydrogen-bond acceptors (Lipinski definition) is 5. The molecule has 26 heavy (non-hydrogen) atoms. The van der Waals surface area contributed by atoms with Crippen molar-refractivity contribution >= 4 is 39.3 Å². The molecule has 6 nitrogen and oxygen atoms in total. The molecule has 2 rings (SSSR count). The van der Waals surface area contributed by atoms with Crippen LogP contribution in [0.5, 0.6) is 0 Å². The monoisotopic (exact) mass is 420 g/mol. The van der Waals surface area contributed by atoms with Gasteiger partial charge in [-0.05, 0) is 43.0 Å². The molecule has 1 aromatic rings. The molecule has 1 N–H and O–H groups in total. The van der Waals surface area contributed by atoms with Gasteiger partial charge in [0.05, 0.1) is 18.9 Å². The van der Waals surface area contributed by atoms with Crippen LogP contribution in [0.1, 0.15) is 25.0 Å². The van der Waals surface area contributed by atoms with E-state index < -0.39 is 16.1 Å². The third-order valence-corrected chi connectivity index (χ3v) is 6.53. The third-order valence-electron chi connectivity index (χ3n) is 4.23. The van der Waals surface area contributed by atoms with Gasteiger partial charge in [0.25, 0.3) is 0 Å². The number of benzene rings is 1. The highest BCUT2D eigenvalue weighted by molar-refractivity contribution is 7.98. The first-order chi connectivity index (χ1) is 12.4. The van der Waals surface area contributed by atoms with E-state index in [0.717, 1.165) is 5.56 Å². The maximum atomic E-state index is 12.9. The predicted molar refractivity (Wildman–Crippen MR) is 106 cm³/mol. The molecular formula is C17H25ClN2O4S2. The molecule has 0 radical (unpaired) electrons. The van der Waals surface area contributed by atoms with Gasteiger partial charge in [-0.2, -0.15) is 11.8 Å². The average molecular weight is 421 g/mol. The summed E-state index contributed by atoms with van der Waals surface area (Å²) in [6.07, 6.45) is 2.15. The van der Waals surface area contributed by atoms with E-state index in [1.54, 1.807) is 35.7 Å². The van der Waals surface area contributed by atoms with Crippen LogP contribution < -0.4 is 4.72 Å². The Labute approximate surface area is 164 Å². The number of amides is 1. The number of nitrogens with zero attached hydrogens (tertiary/aromatic N) is 1. The number of ether oxygens (including phenoxy) is 1. The van der Waals surface area contributed by atoms with Crippen LogP contribution in [-0.4, -0.2) is 62.7 Å². The molecule has 1 aliphatic heterocycles. The lowest BCUT2D eigenvalue weighted by molar-refractivity contribution is -0.140. The number of rotatable bonds is 8. The lowest BCUT2D eigenvalue weighted by Crippen LogP contribution is -2.52. The number of carbonyl (C=O) groups is 1. The minimum Gasteiger partial charge on any atom is -0.370 e. The highest BCUT2D eigenvalue weighted by Gasteiger charge is 2.31. The summed E-state index contributed by atoms with van der Waals surface area (Å²) in [5.74, 6) is 0.457. The van der Waals surface area contributed by atoms with Gasteiger partial charge in [-0.3, -0.25) is 4.79 Å². The molecule has 9 heteroatoms. The fourth-order valence-corrected chi connectivity index (χ4v) is 4.13. The van der Waals surface area contributed by atoms with Gasteiger partial charge in [-0.15, -0.1) is 0 Å². The summed E-state index contributed by atoms with van der Waals surface area (Å²) in [5.41, 5.74) is 0.946. The molecule has 1 saturated heterocycles. The van der Waals surface area contributed by atoms with Crippen LogP contribution in [0.3, 0.4) is 0 Å². The van der Waals surface area contributed by atoms with Crippen LogP contribution in [0.25, 0.3) is 0 Å². The van der Waals surface area contributed by atoms with Crippen molar-refractivity contribution in [2.45, 2.75) is 25.5 Å². The SMILES string of the molecule is CCS(=O)(=O)NC(CCSC)C(=O)N1CCOC(c2ccc(Cl)cc2)C1. The van der Waals surface area contributed by atoms with E-state index in [9.17, 15) is 13.2 Å². The number of carbonyl (C=O) groups excluding carboxylic acids is 1. The van der Waals surface area contributed by atoms with Crippen molar-refractivity contribution in [1.29, 1.82) is 0 Å². The lowest BCUT2D eigenvalue weighted by atomic mass is 10.1. The zero-order chi connectivity index (χ0) is 19.2. The number of nitrogens with one attached hydrogen (secondary N) is 1. The smallest absolute Gasteiger partial charge is 0.240 e. The summed E-state index contributed by atoms with van der Waals surface area (Å²) in [5, 5.41) is 0.642. The van der Waals surface area contributed by atoms with Crippen molar-refractivity contribution in [2.24, 2.45) is 0 Å². The largest absolute Gasteiger partial charge is 0.370 e. The average Bonchev–Trinajstić information content (AvgIpc) is 2.65. The molecule has 1 fully saturated rings. The Morgan fingerprint density at radius 3 is 2.73 bits per heavy atom. The molecule has 0 aliphatic carbocycles. The Morgan fingerprint density at radius 2 is 2.12 bits per heavy atom. The molecule has 1 aromatic carbocycles. The molecule has 0 aromatic heterocycles. The first kappa shape index (κ1) is 21.5. The number of thioether (sulfide) groups is 1. The van der Waals surface area contributed by atoms with Crippen LogP contribution in [0.4, 0.5) is 0 Å². The maximum absolute atomic E-state index is 12.9. The molecule has 1 aliphatic rings. The Hall–Kier alpha value is -0.800. The normalized spacial score (nSPS) is 19.3. The second-order valence-electron chi connectivity index (χ2n) is 6.05. The van der Waals surface area contributed by atoms with Crippen LogP contribution >= 0.6 is 23.4 Å². The molecule has 0 saturated carbocycles. The highest BCUT2D eigenvalue weighted by Crippen LogP contribution is 2.24. The molecule has 0 spiro atoms. The Bertz CT molecular complexity index is 697. The first-order valence-electron chi connectivity index (χ1n) is 8.51. The van der Waals surface area contributed by atoms with E-state index in [1.807, 2.05) is 18.4 Å². The number of morpholine rings is 1. The van der Waals surface area contributed by atoms with Gasteiger partial charge >= 0.3 is 0 Å². The second-order valence-corrected chi connectivity index (χ2v) is 9.52. The molecule has 1 amide bonds. The van der Waals surface area contributed by atoms with Crippen molar-refractivity contribution in [1.82, 2.24) is 9.62 Å². The summed E-state index contributed by atoms with van der Waals surface area (Å²) in [6, 6.07) is 6.60. The second kappa shape index (κ2) is 9.94. The zero-order valence-corrected chi connectivity index (χ0v) is 17.4. The van der Waals surface area contributed by atoms with Gasteiger partial charge in [0.2, 0.25) is 15.9 Å².